The van der Waals surface area contributed by atoms with Gasteiger partial charge in [0.05, 0.1) is 30.5 Å². The molecule has 0 unspecified atom stereocenters. The van der Waals surface area contributed by atoms with Crippen LogP contribution in [0.2, 0.25) is 5.02 Å². The number of ether oxygens (including phenoxy) is 1. The van der Waals surface area contributed by atoms with Gasteiger partial charge in [-0.15, -0.1) is 0 Å². The Kier molecular flexibility index (Phi) is 6.32. The number of methoxy groups -OCH3 is 1. The van der Waals surface area contributed by atoms with E-state index in [1.807, 2.05) is 78.9 Å². The highest BCUT2D eigenvalue weighted by Gasteiger charge is 2.36. The van der Waals surface area contributed by atoms with Gasteiger partial charge in [0.25, 0.3) is 5.91 Å². The normalized spacial score (nSPS) is 13.9. The van der Waals surface area contributed by atoms with Gasteiger partial charge in [0.2, 0.25) is 0 Å². The fraction of sp³-hybridized carbons (Fsp3) is 0.0667. The van der Waals surface area contributed by atoms with Crippen LogP contribution in [0.5, 0.6) is 5.75 Å². The van der Waals surface area contributed by atoms with Crippen LogP contribution >= 0.6 is 11.6 Å². The molecule has 5 rings (SSSR count). The van der Waals surface area contributed by atoms with Crippen molar-refractivity contribution >= 4 is 40.3 Å². The number of fused-ring (bicyclic) bond motifs is 1. The molecule has 0 saturated carbocycles. The molecule has 6 heteroatoms. The number of amides is 1. The van der Waals surface area contributed by atoms with E-state index in [-0.39, 0.29) is 18.0 Å². The van der Waals surface area contributed by atoms with Crippen molar-refractivity contribution < 1.29 is 19.4 Å². The van der Waals surface area contributed by atoms with Crippen molar-refractivity contribution in [1.29, 1.82) is 0 Å². The molecule has 0 saturated heterocycles. The van der Waals surface area contributed by atoms with Gasteiger partial charge in [-0.3, -0.25) is 4.79 Å². The van der Waals surface area contributed by atoms with Crippen LogP contribution in [0.25, 0.3) is 11.1 Å². The molecule has 0 aliphatic carbocycles. The maximum atomic E-state index is 14.1. The molecule has 0 atom stereocenters. The number of halogens is 1. The lowest BCUT2D eigenvalue weighted by molar-refractivity contribution is -0.113. The molecule has 1 amide bonds. The van der Waals surface area contributed by atoms with E-state index >= 15 is 0 Å². The van der Waals surface area contributed by atoms with E-state index in [2.05, 4.69) is 0 Å². The van der Waals surface area contributed by atoms with Gasteiger partial charge in [-0.05, 0) is 59.2 Å². The zero-order chi connectivity index (χ0) is 25.2. The van der Waals surface area contributed by atoms with Crippen LogP contribution in [0.3, 0.4) is 0 Å². The minimum Gasteiger partial charge on any atom is -0.497 e. The van der Waals surface area contributed by atoms with E-state index in [4.69, 9.17) is 16.3 Å². The van der Waals surface area contributed by atoms with E-state index in [9.17, 15) is 14.7 Å². The van der Waals surface area contributed by atoms with E-state index in [0.29, 0.717) is 16.3 Å². The molecule has 0 radical (unpaired) electrons. The SMILES string of the molecule is COc1ccc2c(c1)/C(=C(/c1ccccc1)c1ccc(Cl)cc1)C(=O)N2Cc1cccc(C(=O)O)c1. The number of carboxylic acid groups (broad SMARTS) is 1. The fourth-order valence-electron chi connectivity index (χ4n) is 4.50. The summed E-state index contributed by atoms with van der Waals surface area (Å²) in [5.41, 5.74) is 5.47. The van der Waals surface area contributed by atoms with Gasteiger partial charge in [-0.2, -0.15) is 0 Å². The highest BCUT2D eigenvalue weighted by Crippen LogP contribution is 2.45. The maximum Gasteiger partial charge on any atom is 0.335 e. The fourth-order valence-corrected chi connectivity index (χ4v) is 4.62. The lowest BCUT2D eigenvalue weighted by Crippen LogP contribution is -2.26. The molecular weight excluding hydrogens is 474 g/mol. The van der Waals surface area contributed by atoms with Crippen LogP contribution in [0, 0.1) is 0 Å². The predicted octanol–water partition coefficient (Wildman–Crippen LogP) is 6.55. The summed E-state index contributed by atoms with van der Waals surface area (Å²) in [6.45, 7) is 0.228. The first-order valence-electron chi connectivity index (χ1n) is 11.3. The van der Waals surface area contributed by atoms with Crippen LogP contribution in [-0.2, 0) is 11.3 Å². The first-order valence-corrected chi connectivity index (χ1v) is 11.7. The number of carbonyl (C=O) groups is 2. The van der Waals surface area contributed by atoms with Gasteiger partial charge >= 0.3 is 5.97 Å². The molecule has 0 spiro atoms. The van der Waals surface area contributed by atoms with Crippen LogP contribution in [-0.4, -0.2) is 24.1 Å². The Labute approximate surface area is 213 Å². The summed E-state index contributed by atoms with van der Waals surface area (Å²) in [7, 11) is 1.59. The number of hydrogen-bond acceptors (Lipinski definition) is 3. The summed E-state index contributed by atoms with van der Waals surface area (Å²) >= 11 is 6.17. The molecule has 0 aromatic heterocycles. The smallest absolute Gasteiger partial charge is 0.335 e. The van der Waals surface area contributed by atoms with Crippen molar-refractivity contribution in [3.63, 3.8) is 0 Å². The molecule has 1 aliphatic rings. The first kappa shape index (κ1) is 23.4. The molecule has 1 aliphatic heterocycles. The Morgan fingerprint density at radius 2 is 1.56 bits per heavy atom. The Bertz CT molecular complexity index is 1490. The number of rotatable bonds is 6. The van der Waals surface area contributed by atoms with Gasteiger partial charge in [-0.1, -0.05) is 66.2 Å². The summed E-state index contributed by atoms with van der Waals surface area (Å²) in [6, 6.07) is 29.4. The number of aromatic carboxylic acids is 1. The van der Waals surface area contributed by atoms with Gasteiger partial charge in [-0.25, -0.2) is 4.79 Å². The second-order valence-electron chi connectivity index (χ2n) is 8.40. The van der Waals surface area contributed by atoms with Crippen molar-refractivity contribution in [2.45, 2.75) is 6.54 Å². The Morgan fingerprint density at radius 1 is 0.861 bits per heavy atom. The van der Waals surface area contributed by atoms with Crippen LogP contribution in [0.1, 0.15) is 32.6 Å². The molecule has 5 nitrogen and oxygen atoms in total. The number of nitrogens with zero attached hydrogens (tertiary/aromatic N) is 1. The second kappa shape index (κ2) is 9.72. The highest BCUT2D eigenvalue weighted by molar-refractivity contribution is 6.39. The molecule has 1 N–H and O–H groups in total. The lowest BCUT2D eigenvalue weighted by atomic mass is 9.90. The third-order valence-electron chi connectivity index (χ3n) is 6.18. The van der Waals surface area contributed by atoms with Crippen molar-refractivity contribution in [1.82, 2.24) is 0 Å². The third-order valence-corrected chi connectivity index (χ3v) is 6.43. The van der Waals surface area contributed by atoms with E-state index in [0.717, 1.165) is 33.5 Å². The minimum atomic E-state index is -1.01. The molecule has 4 aromatic rings. The van der Waals surface area contributed by atoms with Crippen molar-refractivity contribution in [3.8, 4) is 5.75 Å². The third kappa shape index (κ3) is 4.37. The van der Waals surface area contributed by atoms with Gasteiger partial charge < -0.3 is 14.7 Å². The Balaban J connectivity index is 1.73. The van der Waals surface area contributed by atoms with E-state index < -0.39 is 5.97 Å². The van der Waals surface area contributed by atoms with Crippen LogP contribution in [0.4, 0.5) is 5.69 Å². The predicted molar refractivity (Wildman–Crippen MR) is 141 cm³/mol. The topological polar surface area (TPSA) is 66.8 Å². The Hall–Kier alpha value is -4.35. The number of hydrogen-bond donors (Lipinski definition) is 1. The number of anilines is 1. The molecule has 1 heterocycles. The number of carboxylic acids is 1. The highest BCUT2D eigenvalue weighted by atomic mass is 35.5. The van der Waals surface area contributed by atoms with E-state index in [1.165, 1.54) is 6.07 Å². The first-order chi connectivity index (χ1) is 17.5. The van der Waals surface area contributed by atoms with Gasteiger partial charge in [0, 0.05) is 16.2 Å². The summed E-state index contributed by atoms with van der Waals surface area (Å²) in [4.78, 5) is 27.3. The average molecular weight is 496 g/mol. The van der Waals surface area contributed by atoms with Crippen molar-refractivity contribution in [2.24, 2.45) is 0 Å². The molecule has 4 aromatic carbocycles. The maximum absolute atomic E-state index is 14.1. The largest absolute Gasteiger partial charge is 0.497 e. The summed E-state index contributed by atoms with van der Waals surface area (Å²) in [5.74, 6) is -0.547. The summed E-state index contributed by atoms with van der Waals surface area (Å²) in [6.07, 6.45) is 0. The zero-order valence-corrected chi connectivity index (χ0v) is 20.2. The molecule has 0 bridgehead atoms. The molecule has 36 heavy (non-hydrogen) atoms. The van der Waals surface area contributed by atoms with Gasteiger partial charge in [0.1, 0.15) is 5.75 Å². The van der Waals surface area contributed by atoms with Gasteiger partial charge in [0.15, 0.2) is 0 Å². The second-order valence-corrected chi connectivity index (χ2v) is 8.84. The summed E-state index contributed by atoms with van der Waals surface area (Å²) in [5, 5.41) is 10.0. The van der Waals surface area contributed by atoms with Crippen LogP contribution < -0.4 is 9.64 Å². The van der Waals surface area contributed by atoms with E-state index in [1.54, 1.807) is 24.1 Å². The van der Waals surface area contributed by atoms with Crippen molar-refractivity contribution in [2.75, 3.05) is 12.0 Å². The van der Waals surface area contributed by atoms with Crippen molar-refractivity contribution in [3.05, 3.63) is 130 Å². The minimum absolute atomic E-state index is 0.173. The monoisotopic (exact) mass is 495 g/mol. The summed E-state index contributed by atoms with van der Waals surface area (Å²) < 4.78 is 5.49. The lowest BCUT2D eigenvalue weighted by Gasteiger charge is -2.18. The van der Waals surface area contributed by atoms with Crippen LogP contribution in [0.15, 0.2) is 97.1 Å². The molecule has 178 valence electrons. The Morgan fingerprint density at radius 3 is 2.25 bits per heavy atom. The average Bonchev–Trinajstić information content (AvgIpc) is 3.16. The molecule has 0 fully saturated rings. The number of carbonyl (C=O) groups excluding carboxylic acids is 1. The quantitative estimate of drug-likeness (QED) is 0.308. The standard InChI is InChI=1S/C30H22ClNO4/c1-36-24-14-15-26-25(17-24)28(29(33)32(26)18-19-6-5-9-22(16-19)30(34)35)27(20-7-3-2-4-8-20)21-10-12-23(31)13-11-21/h2-17H,18H2,1H3,(H,34,35)/b28-27+. The molecular formula is C30H22ClNO4. The zero-order valence-electron chi connectivity index (χ0n) is 19.4. The number of benzene rings is 4.